The summed E-state index contributed by atoms with van der Waals surface area (Å²) in [5, 5.41) is 14.5. The van der Waals surface area contributed by atoms with Gasteiger partial charge in [-0.3, -0.25) is 0 Å². The molecule has 110 valence electrons. The van der Waals surface area contributed by atoms with Crippen molar-refractivity contribution in [2.75, 3.05) is 20.1 Å². The lowest BCUT2D eigenvalue weighted by Gasteiger charge is -2.35. The maximum absolute atomic E-state index is 11.9. The van der Waals surface area contributed by atoms with Gasteiger partial charge in [-0.25, -0.2) is 9.59 Å². The van der Waals surface area contributed by atoms with Gasteiger partial charge in [-0.15, -0.1) is 0 Å². The number of amides is 2. The lowest BCUT2D eigenvalue weighted by atomic mass is 9.94. The Morgan fingerprint density at radius 2 is 2.00 bits per heavy atom. The summed E-state index contributed by atoms with van der Waals surface area (Å²) >= 11 is 0. The van der Waals surface area contributed by atoms with Gasteiger partial charge in [-0.2, -0.15) is 0 Å². The molecule has 1 heterocycles. The average molecular weight is 271 g/mol. The Morgan fingerprint density at radius 3 is 2.47 bits per heavy atom. The highest BCUT2D eigenvalue weighted by atomic mass is 16.4. The number of carboxylic acid groups (broad SMARTS) is 1. The molecule has 0 aliphatic carbocycles. The fourth-order valence-electron chi connectivity index (χ4n) is 2.43. The lowest BCUT2D eigenvalue weighted by molar-refractivity contribution is -0.140. The first-order valence-electron chi connectivity index (χ1n) is 6.79. The van der Waals surface area contributed by atoms with Crippen molar-refractivity contribution < 1.29 is 14.7 Å². The van der Waals surface area contributed by atoms with Gasteiger partial charge in [0.05, 0.1) is 0 Å². The predicted molar refractivity (Wildman–Crippen MR) is 73.0 cm³/mol. The number of urea groups is 1. The summed E-state index contributed by atoms with van der Waals surface area (Å²) in [6, 6.07) is -1.12. The first kappa shape index (κ1) is 15.8. The van der Waals surface area contributed by atoms with Crippen molar-refractivity contribution in [3.63, 3.8) is 0 Å². The molecule has 1 fully saturated rings. The van der Waals surface area contributed by atoms with E-state index < -0.39 is 12.0 Å². The Hall–Kier alpha value is -1.30. The highest BCUT2D eigenvalue weighted by Crippen LogP contribution is 2.15. The quantitative estimate of drug-likeness (QED) is 0.704. The van der Waals surface area contributed by atoms with E-state index in [1.165, 1.54) is 0 Å². The molecule has 0 spiro atoms. The van der Waals surface area contributed by atoms with E-state index in [0.29, 0.717) is 5.92 Å². The van der Waals surface area contributed by atoms with Gasteiger partial charge in [0.2, 0.25) is 0 Å². The van der Waals surface area contributed by atoms with E-state index in [1.807, 2.05) is 0 Å². The van der Waals surface area contributed by atoms with Crippen LogP contribution >= 0.6 is 0 Å². The molecule has 3 unspecified atom stereocenters. The fraction of sp³-hybridized carbons (Fsp3) is 0.846. The summed E-state index contributed by atoms with van der Waals surface area (Å²) < 4.78 is 0. The van der Waals surface area contributed by atoms with Crippen LogP contribution in [0, 0.1) is 11.8 Å². The molecule has 1 aliphatic heterocycles. The van der Waals surface area contributed by atoms with Crippen molar-refractivity contribution in [3.05, 3.63) is 0 Å². The predicted octanol–water partition coefficient (Wildman–Crippen LogP) is 0.735. The number of carboxylic acids is 1. The standard InChI is InChI=1S/C13H25N3O3/c1-8(2)11(12(17)18)15-13(19)14-10-5-6-16(4)7-9(10)3/h8-11H,5-7H2,1-4H3,(H,17,18)(H2,14,15,19). The number of aliphatic carboxylic acids is 1. The summed E-state index contributed by atoms with van der Waals surface area (Å²) in [4.78, 5) is 25.1. The number of hydrogen-bond acceptors (Lipinski definition) is 3. The Balaban J connectivity index is 2.48. The third-order valence-electron chi connectivity index (χ3n) is 3.64. The molecular formula is C13H25N3O3. The van der Waals surface area contributed by atoms with Gasteiger partial charge in [0.1, 0.15) is 6.04 Å². The number of carbonyl (C=O) groups is 2. The maximum Gasteiger partial charge on any atom is 0.326 e. The zero-order chi connectivity index (χ0) is 14.6. The molecule has 0 saturated carbocycles. The minimum Gasteiger partial charge on any atom is -0.480 e. The summed E-state index contributed by atoms with van der Waals surface area (Å²) in [5.74, 6) is -0.772. The molecule has 6 heteroatoms. The molecule has 3 N–H and O–H groups in total. The highest BCUT2D eigenvalue weighted by molar-refractivity contribution is 5.82. The van der Waals surface area contributed by atoms with E-state index in [1.54, 1.807) is 13.8 Å². The Labute approximate surface area is 114 Å². The van der Waals surface area contributed by atoms with Crippen LogP contribution in [0.5, 0.6) is 0 Å². The van der Waals surface area contributed by atoms with Crippen molar-refractivity contribution in [3.8, 4) is 0 Å². The number of rotatable bonds is 4. The number of carbonyl (C=O) groups excluding carboxylic acids is 1. The van der Waals surface area contributed by atoms with Crippen LogP contribution in [0.4, 0.5) is 4.79 Å². The van der Waals surface area contributed by atoms with E-state index in [9.17, 15) is 9.59 Å². The van der Waals surface area contributed by atoms with Crippen LogP contribution in [0.3, 0.4) is 0 Å². The molecule has 0 aromatic carbocycles. The van der Waals surface area contributed by atoms with Crippen molar-refractivity contribution >= 4 is 12.0 Å². The second-order valence-electron chi connectivity index (χ2n) is 5.81. The molecule has 1 aliphatic rings. The second-order valence-corrected chi connectivity index (χ2v) is 5.81. The molecule has 3 atom stereocenters. The van der Waals surface area contributed by atoms with Crippen molar-refractivity contribution in [2.24, 2.45) is 11.8 Å². The third-order valence-corrected chi connectivity index (χ3v) is 3.64. The topological polar surface area (TPSA) is 81.7 Å². The Kier molecular flexibility index (Phi) is 5.60. The molecule has 6 nitrogen and oxygen atoms in total. The van der Waals surface area contributed by atoms with Gasteiger partial charge in [0.15, 0.2) is 0 Å². The minimum atomic E-state index is -0.999. The fourth-order valence-corrected chi connectivity index (χ4v) is 2.43. The highest BCUT2D eigenvalue weighted by Gasteiger charge is 2.28. The zero-order valence-electron chi connectivity index (χ0n) is 12.1. The van der Waals surface area contributed by atoms with Crippen LogP contribution in [0.15, 0.2) is 0 Å². The second kappa shape index (κ2) is 6.75. The SMILES string of the molecule is CC(C)C(NC(=O)NC1CCN(C)CC1C)C(=O)O. The molecule has 0 radical (unpaired) electrons. The van der Waals surface area contributed by atoms with Crippen molar-refractivity contribution in [1.29, 1.82) is 0 Å². The van der Waals surface area contributed by atoms with E-state index in [0.717, 1.165) is 19.5 Å². The minimum absolute atomic E-state index is 0.109. The van der Waals surface area contributed by atoms with Crippen LogP contribution < -0.4 is 10.6 Å². The average Bonchev–Trinajstić information content (AvgIpc) is 2.29. The van der Waals surface area contributed by atoms with Crippen LogP contribution in [-0.4, -0.2) is 54.2 Å². The molecule has 1 rings (SSSR count). The lowest BCUT2D eigenvalue weighted by Crippen LogP contribution is -2.55. The number of piperidine rings is 1. The first-order chi connectivity index (χ1) is 8.81. The molecular weight excluding hydrogens is 246 g/mol. The number of hydrogen-bond donors (Lipinski definition) is 3. The zero-order valence-corrected chi connectivity index (χ0v) is 12.1. The van der Waals surface area contributed by atoms with Gasteiger partial charge in [0, 0.05) is 12.6 Å². The molecule has 0 aromatic heterocycles. The number of likely N-dealkylation sites (tertiary alicyclic amines) is 1. The van der Waals surface area contributed by atoms with E-state index in [4.69, 9.17) is 5.11 Å². The first-order valence-corrected chi connectivity index (χ1v) is 6.79. The molecule has 0 aromatic rings. The largest absolute Gasteiger partial charge is 0.480 e. The van der Waals surface area contributed by atoms with Crippen molar-refractivity contribution in [1.82, 2.24) is 15.5 Å². The van der Waals surface area contributed by atoms with Crippen LogP contribution in [0.25, 0.3) is 0 Å². The number of nitrogens with zero attached hydrogens (tertiary/aromatic N) is 1. The van der Waals surface area contributed by atoms with Crippen molar-refractivity contribution in [2.45, 2.75) is 39.3 Å². The normalized spacial score (nSPS) is 25.9. The smallest absolute Gasteiger partial charge is 0.326 e. The monoisotopic (exact) mass is 271 g/mol. The molecule has 2 amide bonds. The van der Waals surface area contributed by atoms with Gasteiger partial charge in [-0.05, 0) is 31.8 Å². The Bertz CT molecular complexity index is 333. The molecule has 19 heavy (non-hydrogen) atoms. The van der Waals surface area contributed by atoms with Crippen LogP contribution in [0.2, 0.25) is 0 Å². The van der Waals surface area contributed by atoms with Crippen LogP contribution in [-0.2, 0) is 4.79 Å². The summed E-state index contributed by atoms with van der Waals surface area (Å²) in [7, 11) is 2.06. The van der Waals surface area contributed by atoms with E-state index in [2.05, 4.69) is 29.5 Å². The van der Waals surface area contributed by atoms with Gasteiger partial charge < -0.3 is 20.6 Å². The van der Waals surface area contributed by atoms with Crippen LogP contribution in [0.1, 0.15) is 27.2 Å². The van der Waals surface area contributed by atoms with Gasteiger partial charge in [0.25, 0.3) is 0 Å². The summed E-state index contributed by atoms with van der Waals surface area (Å²) in [5.41, 5.74) is 0. The maximum atomic E-state index is 11.9. The van der Waals surface area contributed by atoms with E-state index >= 15 is 0 Å². The van der Waals surface area contributed by atoms with Gasteiger partial charge in [-0.1, -0.05) is 20.8 Å². The Morgan fingerprint density at radius 1 is 1.37 bits per heavy atom. The third kappa shape index (κ3) is 4.70. The van der Waals surface area contributed by atoms with Gasteiger partial charge >= 0.3 is 12.0 Å². The summed E-state index contributed by atoms with van der Waals surface area (Å²) in [6.07, 6.45) is 0.893. The number of nitrogens with one attached hydrogen (secondary N) is 2. The molecule has 0 bridgehead atoms. The summed E-state index contributed by atoms with van der Waals surface area (Å²) in [6.45, 7) is 7.53. The molecule has 1 saturated heterocycles. The van der Waals surface area contributed by atoms with E-state index in [-0.39, 0.29) is 18.0 Å².